The second-order valence-corrected chi connectivity index (χ2v) is 1.92. The van der Waals surface area contributed by atoms with Gasteiger partial charge in [-0.15, -0.1) is 0 Å². The Labute approximate surface area is 77.8 Å². The molecule has 0 aliphatic carbocycles. The first-order chi connectivity index (χ1) is 4.47. The van der Waals surface area contributed by atoms with Crippen LogP contribution in [0.4, 0.5) is 0 Å². The van der Waals surface area contributed by atoms with E-state index in [2.05, 4.69) is 9.97 Å². The molecule has 1 aromatic heterocycles. The molecule has 2 nitrogen and oxygen atoms in total. The van der Waals surface area contributed by atoms with E-state index in [1.165, 1.54) is 0 Å². The van der Waals surface area contributed by atoms with Crippen LogP contribution in [0.3, 0.4) is 0 Å². The largest absolute Gasteiger partial charge is 2.00 e. The van der Waals surface area contributed by atoms with Crippen molar-refractivity contribution in [3.8, 4) is 0 Å². The van der Waals surface area contributed by atoms with Crippen LogP contribution >= 0.6 is 0 Å². The molecule has 0 aliphatic rings. The summed E-state index contributed by atoms with van der Waals surface area (Å²) in [6, 6.07) is 7.94. The Morgan fingerprint density at radius 2 is 2.10 bits per heavy atom. The molecule has 1 aromatic carbocycles. The van der Waals surface area contributed by atoms with Gasteiger partial charge in [0.1, 0.15) is 0 Å². The molecule has 0 spiro atoms. The Morgan fingerprint density at radius 3 is 2.90 bits per heavy atom. The van der Waals surface area contributed by atoms with Gasteiger partial charge in [-0.25, -0.2) is 4.98 Å². The summed E-state index contributed by atoms with van der Waals surface area (Å²) in [5, 5.41) is 0. The summed E-state index contributed by atoms with van der Waals surface area (Å²) in [6.07, 6.45) is 1.70. The number of aromatic amines is 1. The molecule has 2 rings (SSSR count). The van der Waals surface area contributed by atoms with Gasteiger partial charge in [-0.2, -0.15) is 0 Å². The predicted octanol–water partition coefficient (Wildman–Crippen LogP) is 1.41. The quantitative estimate of drug-likeness (QED) is 0.557. The van der Waals surface area contributed by atoms with E-state index in [0.29, 0.717) is 0 Å². The van der Waals surface area contributed by atoms with Crippen LogP contribution in [0.5, 0.6) is 0 Å². The van der Waals surface area contributed by atoms with E-state index in [-0.39, 0.29) is 25.9 Å². The number of nitrogens with zero attached hydrogens (tertiary/aromatic N) is 1. The molecule has 0 radical (unpaired) electrons. The summed E-state index contributed by atoms with van der Waals surface area (Å²) in [4.78, 5) is 7.07. The number of hydrogen-bond acceptors (Lipinski definition) is 1. The zero-order valence-electron chi connectivity index (χ0n) is 7.54. The molecule has 3 heteroatoms. The molecule has 48 valence electrons. The molecule has 1 N–H and O–H groups in total. The molecule has 0 bridgehead atoms. The fourth-order valence-electron chi connectivity index (χ4n) is 0.880. The third-order valence-corrected chi connectivity index (χ3v) is 1.33. The predicted molar refractivity (Wildman–Crippen MR) is 44.1 cm³/mol. The fraction of sp³-hybridized carbons (Fsp3) is 0. The Hall–Kier alpha value is -0.544. The van der Waals surface area contributed by atoms with Gasteiger partial charge in [-0.3, -0.25) is 0 Å². The van der Waals surface area contributed by atoms with Gasteiger partial charge < -0.3 is 7.84 Å². The van der Waals surface area contributed by atoms with E-state index >= 15 is 0 Å². The summed E-state index contributed by atoms with van der Waals surface area (Å²) >= 11 is 0. The Bertz CT molecular complexity index is 293. The maximum Gasteiger partial charge on any atom is 2.00 e. The van der Waals surface area contributed by atoms with Gasteiger partial charge >= 0.3 is 23.1 Å². The van der Waals surface area contributed by atoms with Crippen LogP contribution in [0.25, 0.3) is 11.0 Å². The first-order valence-corrected chi connectivity index (χ1v) is 2.85. The Balaban J connectivity index is 0. The van der Waals surface area contributed by atoms with Crippen LogP contribution in [-0.2, 0) is 0 Å². The first kappa shape index (κ1) is 7.56. The smallest absolute Gasteiger partial charge is 1.00 e. The third kappa shape index (κ3) is 1.15. The number of benzene rings is 1. The maximum absolute atomic E-state index is 4.06. The summed E-state index contributed by atoms with van der Waals surface area (Å²) < 4.78 is 0. The average molecular weight is 144 g/mol. The Kier molecular flexibility index (Phi) is 2.29. The molecule has 2 aromatic rings. The van der Waals surface area contributed by atoms with Gasteiger partial charge in [0.2, 0.25) is 0 Å². The van der Waals surface area contributed by atoms with Crippen LogP contribution in [0, 0.1) is 0 Å². The summed E-state index contributed by atoms with van der Waals surface area (Å²) in [5.41, 5.74) is 2.12. The van der Waals surface area contributed by atoms with Crippen LogP contribution in [0.15, 0.2) is 30.6 Å². The minimum Gasteiger partial charge on any atom is -1.00 e. The van der Waals surface area contributed by atoms with Crippen LogP contribution in [-0.4, -0.2) is 33.0 Å². The van der Waals surface area contributed by atoms with Crippen LogP contribution in [0.1, 0.15) is 2.85 Å². The van der Waals surface area contributed by atoms with E-state index in [0.717, 1.165) is 11.0 Å². The average Bonchev–Trinajstić information content (AvgIpc) is 2.33. The van der Waals surface area contributed by atoms with Crippen molar-refractivity contribution in [2.45, 2.75) is 0 Å². The summed E-state index contributed by atoms with van der Waals surface area (Å²) in [7, 11) is 0. The van der Waals surface area contributed by atoms with Crippen molar-refractivity contribution < 1.29 is 2.85 Å². The molecule has 0 amide bonds. The number of rotatable bonds is 0. The number of H-pyrrole nitrogens is 1. The molecule has 1 heterocycles. The molecule has 0 unspecified atom stereocenters. The number of aromatic nitrogens is 2. The SMILES string of the molecule is [H-].[H-].[Mg+2].c1ccc2[nH]cnc2c1. The fourth-order valence-corrected chi connectivity index (χ4v) is 0.880. The molecular weight excluding hydrogens is 136 g/mol. The minimum absolute atomic E-state index is 0. The zero-order chi connectivity index (χ0) is 6.10. The molecule has 10 heavy (non-hydrogen) atoms. The molecule has 0 aliphatic heterocycles. The number of para-hydroxylation sites is 2. The Morgan fingerprint density at radius 1 is 1.30 bits per heavy atom. The molecule has 0 atom stereocenters. The number of nitrogens with one attached hydrogen (secondary N) is 1. The second kappa shape index (κ2) is 3.03. The number of hydrogen-bond donors (Lipinski definition) is 1. The minimum atomic E-state index is 0. The van der Waals surface area contributed by atoms with E-state index in [1.807, 2.05) is 24.3 Å². The van der Waals surface area contributed by atoms with Gasteiger partial charge in [0.15, 0.2) is 0 Å². The van der Waals surface area contributed by atoms with E-state index in [4.69, 9.17) is 0 Å². The van der Waals surface area contributed by atoms with E-state index in [9.17, 15) is 0 Å². The maximum atomic E-state index is 4.06. The van der Waals surface area contributed by atoms with Crippen molar-refractivity contribution >= 4 is 34.1 Å². The zero-order valence-corrected chi connectivity index (χ0v) is 6.96. The molecule has 0 saturated carbocycles. The monoisotopic (exact) mass is 144 g/mol. The molecule has 0 saturated heterocycles. The van der Waals surface area contributed by atoms with Gasteiger partial charge in [0.25, 0.3) is 0 Å². The van der Waals surface area contributed by atoms with Gasteiger partial charge in [0, 0.05) is 0 Å². The van der Waals surface area contributed by atoms with E-state index < -0.39 is 0 Å². The third-order valence-electron chi connectivity index (χ3n) is 1.33. The van der Waals surface area contributed by atoms with Gasteiger partial charge in [-0.1, -0.05) is 12.1 Å². The standard InChI is InChI=1S/C7H6N2.Mg.2H/c1-2-4-7-6(3-1)8-5-9-7;;;/h1-5H,(H,8,9);;;/q;+2;2*-1. The van der Waals surface area contributed by atoms with Crippen molar-refractivity contribution in [3.05, 3.63) is 30.6 Å². The number of fused-ring (bicyclic) bond motifs is 1. The normalized spacial score (nSPS) is 9.20. The first-order valence-electron chi connectivity index (χ1n) is 2.85. The van der Waals surface area contributed by atoms with Crippen LogP contribution in [0.2, 0.25) is 0 Å². The van der Waals surface area contributed by atoms with Gasteiger partial charge in [0.05, 0.1) is 17.4 Å². The summed E-state index contributed by atoms with van der Waals surface area (Å²) in [5.74, 6) is 0. The summed E-state index contributed by atoms with van der Waals surface area (Å²) in [6.45, 7) is 0. The van der Waals surface area contributed by atoms with Crippen molar-refractivity contribution in [1.82, 2.24) is 9.97 Å². The molecule has 0 fully saturated rings. The van der Waals surface area contributed by atoms with Crippen molar-refractivity contribution in [2.75, 3.05) is 0 Å². The molecular formula is C7H8MgN2. The topological polar surface area (TPSA) is 28.7 Å². The van der Waals surface area contributed by atoms with Crippen molar-refractivity contribution in [1.29, 1.82) is 0 Å². The van der Waals surface area contributed by atoms with Gasteiger partial charge in [-0.05, 0) is 12.1 Å². The van der Waals surface area contributed by atoms with Crippen molar-refractivity contribution in [2.24, 2.45) is 0 Å². The number of imidazole rings is 1. The van der Waals surface area contributed by atoms with E-state index in [1.54, 1.807) is 6.33 Å². The van der Waals surface area contributed by atoms with Crippen LogP contribution < -0.4 is 0 Å². The van der Waals surface area contributed by atoms with Crippen molar-refractivity contribution in [3.63, 3.8) is 0 Å². The second-order valence-electron chi connectivity index (χ2n) is 1.92.